The fourth-order valence-electron chi connectivity index (χ4n) is 11.3. The van der Waals surface area contributed by atoms with E-state index in [1.54, 1.807) is 0 Å². The summed E-state index contributed by atoms with van der Waals surface area (Å²) in [5.74, 6) is -0.831. The molecular formula is C73H140O6. The van der Waals surface area contributed by atoms with Gasteiger partial charge in [0.25, 0.3) is 0 Å². The molecule has 0 saturated heterocycles. The Morgan fingerprint density at radius 1 is 0.241 bits per heavy atom. The number of rotatable bonds is 68. The van der Waals surface area contributed by atoms with Crippen molar-refractivity contribution in [3.63, 3.8) is 0 Å². The summed E-state index contributed by atoms with van der Waals surface area (Å²) in [6.07, 6.45) is 82.7. The number of ether oxygens (including phenoxy) is 3. The molecule has 1 unspecified atom stereocenters. The van der Waals surface area contributed by atoms with Gasteiger partial charge in [-0.1, -0.05) is 367 Å². The maximum absolute atomic E-state index is 12.9. The van der Waals surface area contributed by atoms with Crippen molar-refractivity contribution in [1.82, 2.24) is 0 Å². The smallest absolute Gasteiger partial charge is 0.306 e. The zero-order chi connectivity index (χ0) is 57.1. The van der Waals surface area contributed by atoms with E-state index in [0.717, 1.165) is 57.8 Å². The van der Waals surface area contributed by atoms with Crippen LogP contribution in [0.15, 0.2) is 12.2 Å². The van der Waals surface area contributed by atoms with Gasteiger partial charge in [0.1, 0.15) is 13.2 Å². The summed E-state index contributed by atoms with van der Waals surface area (Å²) in [6, 6.07) is 0. The Morgan fingerprint density at radius 3 is 0.633 bits per heavy atom. The lowest BCUT2D eigenvalue weighted by Crippen LogP contribution is -2.30. The Morgan fingerprint density at radius 2 is 0.418 bits per heavy atom. The van der Waals surface area contributed by atoms with Gasteiger partial charge in [0, 0.05) is 19.3 Å². The van der Waals surface area contributed by atoms with Crippen LogP contribution in [0.25, 0.3) is 0 Å². The highest BCUT2D eigenvalue weighted by molar-refractivity contribution is 5.71. The summed E-state index contributed by atoms with van der Waals surface area (Å²) < 4.78 is 17.0. The van der Waals surface area contributed by atoms with E-state index in [4.69, 9.17) is 14.2 Å². The number of carbonyl (C=O) groups excluding carboxylic acids is 3. The van der Waals surface area contributed by atoms with E-state index in [1.807, 2.05) is 0 Å². The Labute approximate surface area is 494 Å². The topological polar surface area (TPSA) is 78.9 Å². The molecule has 6 nitrogen and oxygen atoms in total. The second-order valence-electron chi connectivity index (χ2n) is 24.9. The molecule has 1 atom stereocenters. The lowest BCUT2D eigenvalue weighted by Gasteiger charge is -2.18. The molecule has 0 amide bonds. The summed E-state index contributed by atoms with van der Waals surface area (Å²) in [4.78, 5) is 38.3. The third kappa shape index (κ3) is 66.8. The molecule has 0 saturated carbocycles. The summed E-state index contributed by atoms with van der Waals surface area (Å²) in [5, 5.41) is 0. The van der Waals surface area contributed by atoms with Gasteiger partial charge in [-0.3, -0.25) is 14.4 Å². The predicted molar refractivity (Wildman–Crippen MR) is 344 cm³/mol. The fraction of sp³-hybridized carbons (Fsp3) is 0.932. The van der Waals surface area contributed by atoms with Crippen LogP contribution in [0.5, 0.6) is 0 Å². The molecule has 0 rings (SSSR count). The molecule has 0 aromatic heterocycles. The molecule has 0 spiro atoms. The van der Waals surface area contributed by atoms with Gasteiger partial charge in [-0.2, -0.15) is 0 Å². The van der Waals surface area contributed by atoms with Crippen molar-refractivity contribution >= 4 is 17.9 Å². The minimum absolute atomic E-state index is 0.0628. The molecule has 0 aliphatic heterocycles. The number of hydrogen-bond acceptors (Lipinski definition) is 6. The van der Waals surface area contributed by atoms with Gasteiger partial charge >= 0.3 is 17.9 Å². The molecule has 0 aromatic carbocycles. The molecule has 0 N–H and O–H groups in total. The van der Waals surface area contributed by atoms with Crippen LogP contribution in [0.4, 0.5) is 0 Å². The van der Waals surface area contributed by atoms with Gasteiger partial charge in [-0.25, -0.2) is 0 Å². The van der Waals surface area contributed by atoms with E-state index < -0.39 is 6.10 Å². The molecule has 79 heavy (non-hydrogen) atoms. The van der Waals surface area contributed by atoms with Gasteiger partial charge in [0.05, 0.1) is 0 Å². The van der Waals surface area contributed by atoms with E-state index in [2.05, 4.69) is 32.9 Å². The standard InChI is InChI=1S/C73H140O6/c1-4-7-10-13-16-19-21-23-25-27-29-31-33-35-36-38-39-41-43-45-47-49-51-54-57-60-63-66-72(75)78-69-70(68-77-71(74)65-62-59-56-53-18-15-12-9-6-3)79-73(76)67-64-61-58-55-52-50-48-46-44-42-40-37-34-32-30-28-26-24-22-20-17-14-11-8-5-2/h27,29,70H,4-26,28,30-69H2,1-3H3/b29-27-. The van der Waals surface area contributed by atoms with Crippen molar-refractivity contribution in [2.75, 3.05) is 13.2 Å². The van der Waals surface area contributed by atoms with Crippen LogP contribution in [0.2, 0.25) is 0 Å². The third-order valence-electron chi connectivity index (χ3n) is 16.8. The summed E-state index contributed by atoms with van der Waals surface area (Å²) in [6.45, 7) is 6.71. The van der Waals surface area contributed by atoms with E-state index >= 15 is 0 Å². The SMILES string of the molecule is CCCCCCCCCC/C=C\CCCCCCCCCCCCCCCCCC(=O)OCC(COC(=O)CCCCCCCCCCC)OC(=O)CCCCCCCCCCCCCCCCCCCCCCCCCCC. The molecule has 468 valence electrons. The molecular weight excluding hydrogens is 973 g/mol. The number of carbonyl (C=O) groups is 3. The van der Waals surface area contributed by atoms with Crippen molar-refractivity contribution < 1.29 is 28.6 Å². The van der Waals surface area contributed by atoms with Crippen LogP contribution in [0.3, 0.4) is 0 Å². The maximum Gasteiger partial charge on any atom is 0.306 e. The number of unbranched alkanes of at least 4 members (excludes halogenated alkanes) is 55. The van der Waals surface area contributed by atoms with Crippen LogP contribution < -0.4 is 0 Å². The van der Waals surface area contributed by atoms with Crippen LogP contribution in [0, 0.1) is 0 Å². The summed E-state index contributed by atoms with van der Waals surface area (Å²) >= 11 is 0. The van der Waals surface area contributed by atoms with Gasteiger partial charge in [0.15, 0.2) is 6.10 Å². The van der Waals surface area contributed by atoms with Crippen molar-refractivity contribution in [3.05, 3.63) is 12.2 Å². The lowest BCUT2D eigenvalue weighted by molar-refractivity contribution is -0.167. The Balaban J connectivity index is 4.07. The maximum atomic E-state index is 12.9. The summed E-state index contributed by atoms with van der Waals surface area (Å²) in [7, 11) is 0. The van der Waals surface area contributed by atoms with Gasteiger partial charge in [0.2, 0.25) is 0 Å². The van der Waals surface area contributed by atoms with Crippen LogP contribution in [-0.2, 0) is 28.6 Å². The van der Waals surface area contributed by atoms with Crippen LogP contribution in [0.1, 0.15) is 419 Å². The number of allylic oxidation sites excluding steroid dienone is 2. The van der Waals surface area contributed by atoms with Gasteiger partial charge in [-0.05, 0) is 44.9 Å². The fourth-order valence-corrected chi connectivity index (χ4v) is 11.3. The molecule has 0 heterocycles. The molecule has 0 fully saturated rings. The van der Waals surface area contributed by atoms with Crippen molar-refractivity contribution in [2.45, 2.75) is 425 Å². The molecule has 0 bridgehead atoms. The molecule has 0 radical (unpaired) electrons. The second-order valence-corrected chi connectivity index (χ2v) is 24.9. The lowest BCUT2D eigenvalue weighted by atomic mass is 10.0. The first kappa shape index (κ1) is 77.2. The highest BCUT2D eigenvalue weighted by Gasteiger charge is 2.19. The molecule has 6 heteroatoms. The average molecular weight is 1110 g/mol. The Bertz CT molecular complexity index is 1230. The highest BCUT2D eigenvalue weighted by atomic mass is 16.6. The predicted octanol–water partition coefficient (Wildman–Crippen LogP) is 24.8. The molecule has 0 aliphatic rings. The largest absolute Gasteiger partial charge is 0.462 e. The van der Waals surface area contributed by atoms with Crippen molar-refractivity contribution in [1.29, 1.82) is 0 Å². The third-order valence-corrected chi connectivity index (χ3v) is 16.8. The van der Waals surface area contributed by atoms with E-state index in [-0.39, 0.29) is 31.1 Å². The van der Waals surface area contributed by atoms with Gasteiger partial charge in [-0.15, -0.1) is 0 Å². The van der Waals surface area contributed by atoms with Crippen molar-refractivity contribution in [2.24, 2.45) is 0 Å². The normalized spacial score (nSPS) is 12.0. The van der Waals surface area contributed by atoms with E-state index in [9.17, 15) is 14.4 Å². The quantitative estimate of drug-likeness (QED) is 0.0261. The number of esters is 3. The second kappa shape index (κ2) is 68.6. The first-order valence-corrected chi connectivity index (χ1v) is 36.2. The van der Waals surface area contributed by atoms with Crippen LogP contribution >= 0.6 is 0 Å². The molecule has 0 aliphatic carbocycles. The van der Waals surface area contributed by atoms with Gasteiger partial charge < -0.3 is 14.2 Å². The Kier molecular flexibility index (Phi) is 67.0. The first-order chi connectivity index (χ1) is 39.0. The minimum atomic E-state index is -0.764. The number of hydrogen-bond donors (Lipinski definition) is 0. The first-order valence-electron chi connectivity index (χ1n) is 36.2. The van der Waals surface area contributed by atoms with E-state index in [1.165, 1.54) is 321 Å². The zero-order valence-electron chi connectivity index (χ0n) is 53.9. The average Bonchev–Trinajstić information content (AvgIpc) is 3.45. The highest BCUT2D eigenvalue weighted by Crippen LogP contribution is 2.19. The van der Waals surface area contributed by atoms with Crippen LogP contribution in [-0.4, -0.2) is 37.2 Å². The van der Waals surface area contributed by atoms with E-state index in [0.29, 0.717) is 19.3 Å². The Hall–Kier alpha value is -1.85. The monoisotopic (exact) mass is 1110 g/mol. The van der Waals surface area contributed by atoms with Crippen molar-refractivity contribution in [3.8, 4) is 0 Å². The zero-order valence-corrected chi connectivity index (χ0v) is 53.9. The minimum Gasteiger partial charge on any atom is -0.462 e. The summed E-state index contributed by atoms with van der Waals surface area (Å²) in [5.41, 5.74) is 0. The molecule has 0 aromatic rings.